The van der Waals surface area contributed by atoms with E-state index >= 15 is 0 Å². The number of carbonyl (C=O) groups is 5. The molecule has 4 N–H and O–H groups in total. The summed E-state index contributed by atoms with van der Waals surface area (Å²) in [4.78, 5) is 71.5. The molecule has 0 aromatic carbocycles. The van der Waals surface area contributed by atoms with Crippen LogP contribution in [0.2, 0.25) is 0 Å². The molecule has 1 saturated heterocycles. The number of nitrogens with zero attached hydrogens (tertiary/aromatic N) is 2. The maximum atomic E-state index is 14.4. The zero-order chi connectivity index (χ0) is 34.6. The topological polar surface area (TPSA) is 148 Å². The van der Waals surface area contributed by atoms with Crippen LogP contribution >= 0.6 is 0 Å². The summed E-state index contributed by atoms with van der Waals surface area (Å²) < 4.78 is 0. The van der Waals surface area contributed by atoms with Crippen molar-refractivity contribution in [3.05, 3.63) is 0 Å². The van der Waals surface area contributed by atoms with E-state index in [1.807, 2.05) is 13.8 Å². The summed E-state index contributed by atoms with van der Waals surface area (Å²) >= 11 is 0. The first-order chi connectivity index (χ1) is 23.1. The molecule has 48 heavy (non-hydrogen) atoms. The highest BCUT2D eigenvalue weighted by atomic mass is 16.4. The molecule has 1 heterocycles. The number of hydrogen-bond acceptors (Lipinski definition) is 5. The Balaban J connectivity index is 1.57. The van der Waals surface area contributed by atoms with Crippen molar-refractivity contribution in [2.45, 2.75) is 160 Å². The molecule has 0 bridgehead atoms. The number of likely N-dealkylation sites (tertiary alicyclic amines) is 1. The highest BCUT2D eigenvalue weighted by Crippen LogP contribution is 2.31. The van der Waals surface area contributed by atoms with Crippen molar-refractivity contribution in [3.63, 3.8) is 0 Å². The smallest absolute Gasteiger partial charge is 0.326 e. The molecule has 11 nitrogen and oxygen atoms in total. The van der Waals surface area contributed by atoms with Crippen molar-refractivity contribution >= 4 is 29.7 Å². The zero-order valence-electron chi connectivity index (χ0n) is 29.9. The molecule has 0 aromatic heterocycles. The van der Waals surface area contributed by atoms with Gasteiger partial charge in [0, 0.05) is 20.1 Å². The Hall–Kier alpha value is -2.85. The predicted molar refractivity (Wildman–Crippen MR) is 185 cm³/mol. The van der Waals surface area contributed by atoms with E-state index in [4.69, 9.17) is 0 Å². The van der Waals surface area contributed by atoms with E-state index in [9.17, 15) is 29.1 Å². The lowest BCUT2D eigenvalue weighted by Gasteiger charge is -2.38. The Kier molecular flexibility index (Phi) is 14.9. The number of rotatable bonds is 13. The fourth-order valence-corrected chi connectivity index (χ4v) is 8.63. The SMILES string of the molecule is CC(C)C[C@H](C(=O)O)N(C)C(=O)[C@H](NC(=O)[C@H](NC(=O)[C@H](NC(=O)N1CCCCC1)C1CCCCC1)C1CCCCC1)C1CCCCC1. The molecule has 4 fully saturated rings. The van der Waals surface area contributed by atoms with E-state index in [1.54, 1.807) is 4.90 Å². The van der Waals surface area contributed by atoms with Gasteiger partial charge in [-0.15, -0.1) is 0 Å². The van der Waals surface area contributed by atoms with Crippen LogP contribution < -0.4 is 16.0 Å². The summed E-state index contributed by atoms with van der Waals surface area (Å²) in [6, 6.07) is -3.64. The number of nitrogens with one attached hydrogen (secondary N) is 3. The van der Waals surface area contributed by atoms with Crippen LogP contribution in [-0.2, 0) is 19.2 Å². The number of carboxylic acids is 1. The summed E-state index contributed by atoms with van der Waals surface area (Å²) in [6.07, 6.45) is 17.3. The van der Waals surface area contributed by atoms with Crippen LogP contribution in [0.4, 0.5) is 4.79 Å². The first-order valence-corrected chi connectivity index (χ1v) is 19.2. The van der Waals surface area contributed by atoms with Crippen LogP contribution in [0.1, 0.15) is 136 Å². The standard InChI is InChI=1S/C37H63N5O6/c1-25(2)24-29(36(46)47)41(3)35(45)32(28-20-12-6-13-21-28)39-33(43)30(26-16-8-4-9-17-26)38-34(44)31(27-18-10-5-11-19-27)40-37(48)42-22-14-7-15-23-42/h25-32H,4-24H2,1-3H3,(H,38,44)(H,39,43)(H,40,48)(H,46,47)/t29-,30-,31-,32-/m1/s1. The number of hydrogen-bond donors (Lipinski definition) is 4. The van der Waals surface area contributed by atoms with Gasteiger partial charge in [-0.3, -0.25) is 14.4 Å². The summed E-state index contributed by atoms with van der Waals surface area (Å²) in [5.74, 6) is -2.25. The van der Waals surface area contributed by atoms with Gasteiger partial charge in [0.05, 0.1) is 0 Å². The van der Waals surface area contributed by atoms with Gasteiger partial charge in [-0.05, 0) is 87.9 Å². The molecule has 3 aliphatic carbocycles. The number of aliphatic carboxylic acids is 1. The van der Waals surface area contributed by atoms with Crippen molar-refractivity contribution in [2.24, 2.45) is 23.7 Å². The molecule has 272 valence electrons. The van der Waals surface area contributed by atoms with E-state index in [0.717, 1.165) is 116 Å². The maximum Gasteiger partial charge on any atom is 0.326 e. The van der Waals surface area contributed by atoms with Gasteiger partial charge >= 0.3 is 12.0 Å². The average Bonchev–Trinajstić information content (AvgIpc) is 3.11. The quantitative estimate of drug-likeness (QED) is 0.211. The van der Waals surface area contributed by atoms with Gasteiger partial charge in [0.25, 0.3) is 0 Å². The van der Waals surface area contributed by atoms with E-state index in [0.29, 0.717) is 19.5 Å². The molecule has 0 spiro atoms. The van der Waals surface area contributed by atoms with E-state index in [-0.39, 0.29) is 47.4 Å². The molecule has 4 aliphatic rings. The van der Waals surface area contributed by atoms with E-state index in [2.05, 4.69) is 16.0 Å². The summed E-state index contributed by atoms with van der Waals surface area (Å²) in [7, 11) is 1.53. The Morgan fingerprint density at radius 1 is 0.625 bits per heavy atom. The number of urea groups is 1. The van der Waals surface area contributed by atoms with Gasteiger partial charge in [-0.2, -0.15) is 0 Å². The van der Waals surface area contributed by atoms with Gasteiger partial charge < -0.3 is 30.9 Å². The second-order valence-electron chi connectivity index (χ2n) is 15.6. The molecule has 0 radical (unpaired) electrons. The summed E-state index contributed by atoms with van der Waals surface area (Å²) in [6.45, 7) is 5.23. The minimum Gasteiger partial charge on any atom is -0.480 e. The highest BCUT2D eigenvalue weighted by Gasteiger charge is 2.41. The molecule has 3 saturated carbocycles. The average molecular weight is 674 g/mol. The number of carbonyl (C=O) groups excluding carboxylic acids is 4. The molecular weight excluding hydrogens is 610 g/mol. The van der Waals surface area contributed by atoms with Crippen LogP contribution in [0.5, 0.6) is 0 Å². The van der Waals surface area contributed by atoms with Gasteiger partial charge in [0.2, 0.25) is 17.7 Å². The first kappa shape index (κ1) is 38.0. The minimum absolute atomic E-state index is 0.00156. The van der Waals surface area contributed by atoms with Crippen molar-refractivity contribution in [1.82, 2.24) is 25.8 Å². The number of piperidine rings is 1. The number of amides is 5. The van der Waals surface area contributed by atoms with Crippen LogP contribution in [0.3, 0.4) is 0 Å². The minimum atomic E-state index is -1.05. The fourth-order valence-electron chi connectivity index (χ4n) is 8.63. The zero-order valence-corrected chi connectivity index (χ0v) is 29.9. The third kappa shape index (κ3) is 10.6. The summed E-state index contributed by atoms with van der Waals surface area (Å²) in [5.41, 5.74) is 0. The molecule has 1 aliphatic heterocycles. The van der Waals surface area contributed by atoms with Gasteiger partial charge in [0.15, 0.2) is 0 Å². The molecule has 0 aromatic rings. The first-order valence-electron chi connectivity index (χ1n) is 19.2. The summed E-state index contributed by atoms with van der Waals surface area (Å²) in [5, 5.41) is 19.3. The number of carboxylic acid groups (broad SMARTS) is 1. The highest BCUT2D eigenvalue weighted by molar-refractivity contribution is 5.95. The van der Waals surface area contributed by atoms with Crippen molar-refractivity contribution in [3.8, 4) is 0 Å². The van der Waals surface area contributed by atoms with Crippen molar-refractivity contribution in [2.75, 3.05) is 20.1 Å². The van der Waals surface area contributed by atoms with Gasteiger partial charge in [-0.1, -0.05) is 71.6 Å². The Labute approximate surface area is 288 Å². The largest absolute Gasteiger partial charge is 0.480 e. The van der Waals surface area contributed by atoms with Crippen LogP contribution in [-0.4, -0.2) is 88.9 Å². The van der Waals surface area contributed by atoms with Crippen LogP contribution in [0, 0.1) is 23.7 Å². The van der Waals surface area contributed by atoms with Gasteiger partial charge in [0.1, 0.15) is 24.2 Å². The molecule has 4 rings (SSSR count). The normalized spacial score (nSPS) is 22.6. The van der Waals surface area contributed by atoms with E-state index in [1.165, 1.54) is 11.9 Å². The maximum absolute atomic E-state index is 14.4. The van der Waals surface area contributed by atoms with Crippen molar-refractivity contribution < 1.29 is 29.1 Å². The van der Waals surface area contributed by atoms with Crippen LogP contribution in [0.25, 0.3) is 0 Å². The lowest BCUT2D eigenvalue weighted by Crippen LogP contribution is -2.62. The lowest BCUT2D eigenvalue weighted by molar-refractivity contribution is -0.152. The Morgan fingerprint density at radius 3 is 1.46 bits per heavy atom. The molecule has 5 amide bonds. The molecule has 11 heteroatoms. The molecule has 0 unspecified atom stereocenters. The Bertz CT molecular complexity index is 1080. The van der Waals surface area contributed by atoms with Crippen molar-refractivity contribution in [1.29, 1.82) is 0 Å². The monoisotopic (exact) mass is 673 g/mol. The third-order valence-electron chi connectivity index (χ3n) is 11.5. The molecular formula is C37H63N5O6. The van der Waals surface area contributed by atoms with E-state index < -0.39 is 30.1 Å². The molecule has 4 atom stereocenters. The van der Waals surface area contributed by atoms with Crippen LogP contribution in [0.15, 0.2) is 0 Å². The second-order valence-corrected chi connectivity index (χ2v) is 15.6. The predicted octanol–water partition coefficient (Wildman–Crippen LogP) is 5.22. The van der Waals surface area contributed by atoms with Gasteiger partial charge in [-0.25, -0.2) is 9.59 Å². The lowest BCUT2D eigenvalue weighted by atomic mass is 9.80. The fraction of sp³-hybridized carbons (Fsp3) is 0.865. The number of likely N-dealkylation sites (N-methyl/N-ethyl adjacent to an activating group) is 1. The Morgan fingerprint density at radius 2 is 1.02 bits per heavy atom. The second kappa shape index (κ2) is 18.8. The third-order valence-corrected chi connectivity index (χ3v) is 11.5.